The zero-order valence-electron chi connectivity index (χ0n) is 20.3. The number of barbiturate groups is 1. The molecule has 1 saturated heterocycles. The van der Waals surface area contributed by atoms with Crippen LogP contribution in [0.15, 0.2) is 72.3 Å². The predicted octanol–water partition coefficient (Wildman–Crippen LogP) is 4.87. The van der Waals surface area contributed by atoms with Crippen molar-refractivity contribution in [3.63, 3.8) is 0 Å². The number of amides is 4. The van der Waals surface area contributed by atoms with Gasteiger partial charge in [0.05, 0.1) is 18.9 Å². The lowest BCUT2D eigenvalue weighted by molar-refractivity contribution is -0.122. The minimum Gasteiger partial charge on any atom is -0.494 e. The maximum atomic E-state index is 14.0. The van der Waals surface area contributed by atoms with Crippen LogP contribution in [-0.4, -0.2) is 31.1 Å². The molecule has 1 fully saturated rings. The van der Waals surface area contributed by atoms with E-state index in [4.69, 9.17) is 14.2 Å². The van der Waals surface area contributed by atoms with Gasteiger partial charge in [-0.1, -0.05) is 24.3 Å². The molecule has 0 aliphatic carbocycles. The summed E-state index contributed by atoms with van der Waals surface area (Å²) < 4.78 is 30.8. The van der Waals surface area contributed by atoms with Gasteiger partial charge in [0.15, 0.2) is 11.5 Å². The van der Waals surface area contributed by atoms with Gasteiger partial charge in [0.2, 0.25) is 0 Å². The number of ether oxygens (including phenoxy) is 3. The molecule has 0 radical (unpaired) electrons. The van der Waals surface area contributed by atoms with Gasteiger partial charge in [0.1, 0.15) is 23.7 Å². The molecule has 0 unspecified atom stereocenters. The Morgan fingerprint density at radius 3 is 2.30 bits per heavy atom. The first kappa shape index (κ1) is 25.4. The first-order valence-electron chi connectivity index (χ1n) is 11.7. The van der Waals surface area contributed by atoms with E-state index in [9.17, 15) is 18.8 Å². The number of imide groups is 2. The number of carbonyl (C=O) groups is 3. The summed E-state index contributed by atoms with van der Waals surface area (Å²) in [5.41, 5.74) is 0.924. The van der Waals surface area contributed by atoms with Gasteiger partial charge in [-0.25, -0.2) is 14.1 Å². The Balaban J connectivity index is 1.59. The number of hydrogen-bond donors (Lipinski definition) is 1. The molecular weight excluding hydrogens is 479 g/mol. The minimum atomic E-state index is -0.844. The van der Waals surface area contributed by atoms with Gasteiger partial charge in [-0.15, -0.1) is 0 Å². The topological polar surface area (TPSA) is 94.2 Å². The summed E-state index contributed by atoms with van der Waals surface area (Å²) in [5.74, 6) is -0.640. The Bertz CT molecular complexity index is 1350. The normalized spacial score (nSPS) is 14.5. The third kappa shape index (κ3) is 5.78. The smallest absolute Gasteiger partial charge is 0.335 e. The Hall–Kier alpha value is -4.66. The molecule has 4 amide bonds. The Morgan fingerprint density at radius 1 is 0.865 bits per heavy atom. The van der Waals surface area contributed by atoms with Crippen molar-refractivity contribution in [2.24, 2.45) is 0 Å². The number of anilines is 1. The zero-order chi connectivity index (χ0) is 26.4. The zero-order valence-corrected chi connectivity index (χ0v) is 20.3. The highest BCUT2D eigenvalue weighted by Crippen LogP contribution is 2.31. The van der Waals surface area contributed by atoms with Crippen molar-refractivity contribution in [1.29, 1.82) is 0 Å². The molecule has 1 aliphatic heterocycles. The Morgan fingerprint density at radius 2 is 1.59 bits per heavy atom. The Kier molecular flexibility index (Phi) is 7.83. The van der Waals surface area contributed by atoms with Crippen molar-refractivity contribution in [2.75, 3.05) is 18.1 Å². The quantitative estimate of drug-likeness (QED) is 0.330. The average molecular weight is 505 g/mol. The van der Waals surface area contributed by atoms with Crippen molar-refractivity contribution in [3.05, 3.63) is 89.2 Å². The van der Waals surface area contributed by atoms with Crippen LogP contribution in [-0.2, 0) is 16.2 Å². The monoisotopic (exact) mass is 504 g/mol. The van der Waals surface area contributed by atoms with Crippen molar-refractivity contribution in [2.45, 2.75) is 20.5 Å². The molecule has 3 aromatic rings. The maximum absolute atomic E-state index is 14.0. The largest absolute Gasteiger partial charge is 0.494 e. The highest BCUT2D eigenvalue weighted by Gasteiger charge is 2.36. The fourth-order valence-corrected chi connectivity index (χ4v) is 3.69. The number of hydrogen-bond acceptors (Lipinski definition) is 6. The number of rotatable bonds is 9. The number of urea groups is 1. The molecule has 4 rings (SSSR count). The lowest BCUT2D eigenvalue weighted by atomic mass is 10.1. The summed E-state index contributed by atoms with van der Waals surface area (Å²) in [6, 6.07) is 16.7. The van der Waals surface area contributed by atoms with E-state index in [1.807, 2.05) is 6.92 Å². The number of benzene rings is 3. The molecule has 190 valence electrons. The number of carbonyl (C=O) groups excluding carboxylic acids is 3. The molecular formula is C28H25FN2O6. The minimum absolute atomic E-state index is 0.00671. The summed E-state index contributed by atoms with van der Waals surface area (Å²) >= 11 is 0. The lowest BCUT2D eigenvalue weighted by Gasteiger charge is -2.26. The van der Waals surface area contributed by atoms with E-state index in [0.717, 1.165) is 4.90 Å². The van der Waals surface area contributed by atoms with Gasteiger partial charge in [0, 0.05) is 5.56 Å². The second-order valence-corrected chi connectivity index (χ2v) is 7.90. The van der Waals surface area contributed by atoms with E-state index in [0.29, 0.717) is 41.6 Å². The van der Waals surface area contributed by atoms with Gasteiger partial charge in [-0.05, 0) is 68.0 Å². The molecule has 1 aliphatic rings. The molecule has 0 spiro atoms. The van der Waals surface area contributed by atoms with E-state index >= 15 is 0 Å². The van der Waals surface area contributed by atoms with Crippen molar-refractivity contribution < 1.29 is 33.0 Å². The first-order valence-corrected chi connectivity index (χ1v) is 11.7. The predicted molar refractivity (Wildman–Crippen MR) is 135 cm³/mol. The molecule has 0 aromatic heterocycles. The van der Waals surface area contributed by atoms with Gasteiger partial charge < -0.3 is 14.2 Å². The molecule has 8 nitrogen and oxygen atoms in total. The second kappa shape index (κ2) is 11.4. The summed E-state index contributed by atoms with van der Waals surface area (Å²) in [6.45, 7) is 4.43. The average Bonchev–Trinajstić information content (AvgIpc) is 2.88. The maximum Gasteiger partial charge on any atom is 0.335 e. The van der Waals surface area contributed by atoms with Crippen molar-refractivity contribution in [3.8, 4) is 17.2 Å². The van der Waals surface area contributed by atoms with E-state index < -0.39 is 17.8 Å². The van der Waals surface area contributed by atoms with Gasteiger partial charge >= 0.3 is 6.03 Å². The summed E-state index contributed by atoms with van der Waals surface area (Å²) in [7, 11) is 0. The van der Waals surface area contributed by atoms with Crippen LogP contribution in [0.4, 0.5) is 14.9 Å². The van der Waals surface area contributed by atoms with Crippen LogP contribution in [0, 0.1) is 5.82 Å². The molecule has 9 heteroatoms. The molecule has 1 heterocycles. The Labute approximate surface area is 213 Å². The number of nitrogens with one attached hydrogen (secondary N) is 1. The summed E-state index contributed by atoms with van der Waals surface area (Å²) in [4.78, 5) is 39.1. The highest BCUT2D eigenvalue weighted by molar-refractivity contribution is 6.39. The van der Waals surface area contributed by atoms with Crippen molar-refractivity contribution in [1.82, 2.24) is 5.32 Å². The van der Waals surface area contributed by atoms with E-state index in [1.165, 1.54) is 12.1 Å². The number of halogens is 1. The van der Waals surface area contributed by atoms with Crippen LogP contribution in [0.3, 0.4) is 0 Å². The molecule has 1 N–H and O–H groups in total. The SMILES string of the molecule is CCOc1ccc(N2C(=O)NC(=O)/C(=C\c3ccc(OCc4ccccc4F)c(OCC)c3)C2=O)cc1. The standard InChI is InChI=1S/C28H25FN2O6/c1-3-35-21-12-10-20(11-13-21)31-27(33)22(26(32)30-28(31)34)15-18-9-14-24(25(16-18)36-4-2)37-17-19-7-5-6-8-23(19)29/h5-16H,3-4,17H2,1-2H3,(H,30,32,34)/b22-15+. The van der Waals surface area contributed by atoms with Crippen LogP contribution >= 0.6 is 0 Å². The van der Waals surface area contributed by atoms with Crippen molar-refractivity contribution >= 4 is 29.6 Å². The third-order valence-electron chi connectivity index (χ3n) is 5.43. The summed E-state index contributed by atoms with van der Waals surface area (Å²) in [6.07, 6.45) is 1.37. The van der Waals surface area contributed by atoms with E-state index in [-0.39, 0.29) is 23.7 Å². The van der Waals surface area contributed by atoms with E-state index in [2.05, 4.69) is 5.32 Å². The molecule has 37 heavy (non-hydrogen) atoms. The second-order valence-electron chi connectivity index (χ2n) is 7.90. The lowest BCUT2D eigenvalue weighted by Crippen LogP contribution is -2.54. The first-order chi connectivity index (χ1) is 17.9. The highest BCUT2D eigenvalue weighted by atomic mass is 19.1. The van der Waals surface area contributed by atoms with E-state index in [1.54, 1.807) is 67.6 Å². The molecule has 0 bridgehead atoms. The van der Waals surface area contributed by atoms with Crippen LogP contribution in [0.1, 0.15) is 25.0 Å². The van der Waals surface area contributed by atoms with Gasteiger partial charge in [-0.2, -0.15) is 0 Å². The fourth-order valence-electron chi connectivity index (χ4n) is 3.69. The van der Waals surface area contributed by atoms with Gasteiger partial charge in [-0.3, -0.25) is 14.9 Å². The summed E-state index contributed by atoms with van der Waals surface area (Å²) in [5, 5.41) is 2.20. The van der Waals surface area contributed by atoms with Crippen LogP contribution < -0.4 is 24.4 Å². The van der Waals surface area contributed by atoms with Crippen LogP contribution in [0.25, 0.3) is 6.08 Å². The molecule has 0 atom stereocenters. The molecule has 0 saturated carbocycles. The number of nitrogens with zero attached hydrogens (tertiary/aromatic N) is 1. The molecule has 3 aromatic carbocycles. The van der Waals surface area contributed by atoms with Crippen LogP contribution in [0.5, 0.6) is 17.2 Å². The van der Waals surface area contributed by atoms with Crippen LogP contribution in [0.2, 0.25) is 0 Å². The third-order valence-corrected chi connectivity index (χ3v) is 5.43. The fraction of sp³-hybridized carbons (Fsp3) is 0.179. The van der Waals surface area contributed by atoms with Gasteiger partial charge in [0.25, 0.3) is 11.8 Å².